The summed E-state index contributed by atoms with van der Waals surface area (Å²) in [6.45, 7) is 2.58. The molecule has 0 aliphatic heterocycles. The molecule has 0 saturated heterocycles. The number of rotatable bonds is 6. The van der Waals surface area contributed by atoms with Gasteiger partial charge in [-0.3, -0.25) is 0 Å². The Morgan fingerprint density at radius 3 is 2.70 bits per heavy atom. The molecule has 0 amide bonds. The minimum atomic E-state index is 0.288. The molecule has 106 valence electrons. The van der Waals surface area contributed by atoms with Crippen LogP contribution in [0.25, 0.3) is 0 Å². The number of nitrogens with one attached hydrogen (secondary N) is 2. The van der Waals surface area contributed by atoms with Gasteiger partial charge in [-0.1, -0.05) is 24.6 Å². The zero-order valence-electron chi connectivity index (χ0n) is 11.4. The lowest BCUT2D eigenvalue weighted by atomic mass is 10.3. The van der Waals surface area contributed by atoms with Gasteiger partial charge in [-0.2, -0.15) is 15.0 Å². The van der Waals surface area contributed by atoms with Crippen LogP contribution in [0, 0.1) is 0 Å². The van der Waals surface area contributed by atoms with E-state index < -0.39 is 0 Å². The molecule has 0 unspecified atom stereocenters. The summed E-state index contributed by atoms with van der Waals surface area (Å²) in [6, 6.07) is 7.60. The van der Waals surface area contributed by atoms with Crippen molar-refractivity contribution < 1.29 is 4.74 Å². The molecule has 0 aliphatic rings. The molecule has 0 bridgehead atoms. The SMILES string of the molecule is CCCOc1nc(NC)nc(Nc2cccc(Cl)c2)n1. The van der Waals surface area contributed by atoms with Crippen LogP contribution < -0.4 is 15.4 Å². The van der Waals surface area contributed by atoms with Crippen LogP contribution >= 0.6 is 11.6 Å². The number of benzene rings is 1. The Morgan fingerprint density at radius 2 is 2.00 bits per heavy atom. The highest BCUT2D eigenvalue weighted by Gasteiger charge is 2.07. The van der Waals surface area contributed by atoms with Crippen LogP contribution in [0.5, 0.6) is 6.01 Å². The maximum absolute atomic E-state index is 5.94. The van der Waals surface area contributed by atoms with Crippen molar-refractivity contribution in [3.8, 4) is 6.01 Å². The fraction of sp³-hybridized carbons (Fsp3) is 0.308. The summed E-state index contributed by atoms with van der Waals surface area (Å²) in [5.41, 5.74) is 0.798. The molecule has 1 heterocycles. The highest BCUT2D eigenvalue weighted by Crippen LogP contribution is 2.19. The van der Waals surface area contributed by atoms with Crippen molar-refractivity contribution in [3.63, 3.8) is 0 Å². The minimum Gasteiger partial charge on any atom is -0.463 e. The molecule has 0 radical (unpaired) electrons. The van der Waals surface area contributed by atoms with Crippen molar-refractivity contribution in [2.45, 2.75) is 13.3 Å². The quantitative estimate of drug-likeness (QED) is 0.853. The summed E-state index contributed by atoms with van der Waals surface area (Å²) < 4.78 is 5.43. The van der Waals surface area contributed by atoms with Crippen LogP contribution in [0.1, 0.15) is 13.3 Å². The van der Waals surface area contributed by atoms with Crippen LogP contribution in [0.4, 0.5) is 17.6 Å². The van der Waals surface area contributed by atoms with E-state index in [1.165, 1.54) is 0 Å². The van der Waals surface area contributed by atoms with Crippen molar-refractivity contribution in [1.29, 1.82) is 0 Å². The molecule has 1 aromatic heterocycles. The summed E-state index contributed by atoms with van der Waals surface area (Å²) in [5.74, 6) is 0.841. The van der Waals surface area contributed by atoms with Gasteiger partial charge in [0, 0.05) is 17.8 Å². The van der Waals surface area contributed by atoms with Gasteiger partial charge in [-0.25, -0.2) is 0 Å². The minimum absolute atomic E-state index is 0.288. The second-order valence-electron chi connectivity index (χ2n) is 4.00. The summed E-state index contributed by atoms with van der Waals surface area (Å²) in [4.78, 5) is 12.5. The van der Waals surface area contributed by atoms with E-state index in [0.717, 1.165) is 12.1 Å². The molecule has 0 aliphatic carbocycles. The van der Waals surface area contributed by atoms with Gasteiger partial charge >= 0.3 is 6.01 Å². The fourth-order valence-corrected chi connectivity index (χ4v) is 1.67. The van der Waals surface area contributed by atoms with Gasteiger partial charge in [-0.05, 0) is 24.6 Å². The third-order valence-corrected chi connectivity index (χ3v) is 2.59. The first-order chi connectivity index (χ1) is 9.71. The molecular weight excluding hydrogens is 278 g/mol. The maximum Gasteiger partial charge on any atom is 0.323 e. The van der Waals surface area contributed by atoms with Gasteiger partial charge in [0.15, 0.2) is 0 Å². The summed E-state index contributed by atoms with van der Waals surface area (Å²) in [5, 5.41) is 6.58. The molecule has 0 fully saturated rings. The first-order valence-electron chi connectivity index (χ1n) is 6.30. The number of nitrogens with zero attached hydrogens (tertiary/aromatic N) is 3. The average molecular weight is 294 g/mol. The second kappa shape index (κ2) is 6.91. The Balaban J connectivity index is 2.21. The third-order valence-electron chi connectivity index (χ3n) is 2.35. The molecule has 0 atom stereocenters. The van der Waals surface area contributed by atoms with E-state index >= 15 is 0 Å². The number of ether oxygens (including phenoxy) is 1. The third kappa shape index (κ3) is 3.96. The van der Waals surface area contributed by atoms with E-state index in [4.69, 9.17) is 16.3 Å². The van der Waals surface area contributed by atoms with Crippen LogP contribution in [0.2, 0.25) is 5.02 Å². The van der Waals surface area contributed by atoms with Gasteiger partial charge in [0.2, 0.25) is 11.9 Å². The Morgan fingerprint density at radius 1 is 1.20 bits per heavy atom. The standard InChI is InChI=1S/C13H16ClN5O/c1-3-7-20-13-18-11(15-2)17-12(19-13)16-10-6-4-5-9(14)8-10/h4-6,8H,3,7H2,1-2H3,(H2,15,16,17,18,19). The zero-order chi connectivity index (χ0) is 14.4. The monoisotopic (exact) mass is 293 g/mol. The first-order valence-corrected chi connectivity index (χ1v) is 6.68. The Bertz CT molecular complexity index is 578. The van der Waals surface area contributed by atoms with Gasteiger partial charge in [0.1, 0.15) is 0 Å². The van der Waals surface area contributed by atoms with E-state index in [1.807, 2.05) is 19.1 Å². The van der Waals surface area contributed by atoms with Crippen LogP contribution in [-0.2, 0) is 0 Å². The smallest absolute Gasteiger partial charge is 0.323 e. The average Bonchev–Trinajstić information content (AvgIpc) is 2.45. The lowest BCUT2D eigenvalue weighted by Gasteiger charge is -2.09. The highest BCUT2D eigenvalue weighted by molar-refractivity contribution is 6.30. The number of anilines is 3. The summed E-state index contributed by atoms with van der Waals surface area (Å²) in [7, 11) is 1.74. The second-order valence-corrected chi connectivity index (χ2v) is 4.44. The van der Waals surface area contributed by atoms with E-state index in [0.29, 0.717) is 23.5 Å². The molecule has 1 aromatic carbocycles. The maximum atomic E-state index is 5.94. The van der Waals surface area contributed by atoms with E-state index in [9.17, 15) is 0 Å². The van der Waals surface area contributed by atoms with Crippen molar-refractivity contribution >= 4 is 29.2 Å². The molecule has 2 N–H and O–H groups in total. The number of hydrogen-bond acceptors (Lipinski definition) is 6. The normalized spacial score (nSPS) is 10.2. The predicted octanol–water partition coefficient (Wildman–Crippen LogP) is 3.10. The fourth-order valence-electron chi connectivity index (χ4n) is 1.48. The topological polar surface area (TPSA) is 72.0 Å². The van der Waals surface area contributed by atoms with Crippen molar-refractivity contribution in [3.05, 3.63) is 29.3 Å². The largest absolute Gasteiger partial charge is 0.463 e. The lowest BCUT2D eigenvalue weighted by Crippen LogP contribution is -2.07. The summed E-state index contributed by atoms with van der Waals surface area (Å²) in [6.07, 6.45) is 0.887. The molecule has 20 heavy (non-hydrogen) atoms. The van der Waals surface area contributed by atoms with Crippen molar-refractivity contribution in [2.24, 2.45) is 0 Å². The molecule has 2 aromatic rings. The lowest BCUT2D eigenvalue weighted by molar-refractivity contribution is 0.292. The van der Waals surface area contributed by atoms with Gasteiger partial charge in [-0.15, -0.1) is 0 Å². The number of halogens is 1. The van der Waals surface area contributed by atoms with Crippen LogP contribution in [-0.4, -0.2) is 28.6 Å². The van der Waals surface area contributed by atoms with Gasteiger partial charge < -0.3 is 15.4 Å². The van der Waals surface area contributed by atoms with E-state index in [2.05, 4.69) is 25.6 Å². The van der Waals surface area contributed by atoms with Crippen molar-refractivity contribution in [2.75, 3.05) is 24.3 Å². The predicted molar refractivity (Wildman–Crippen MR) is 79.9 cm³/mol. The molecule has 6 nitrogen and oxygen atoms in total. The summed E-state index contributed by atoms with van der Waals surface area (Å²) >= 11 is 5.94. The van der Waals surface area contributed by atoms with Gasteiger partial charge in [0.05, 0.1) is 6.61 Å². The number of hydrogen-bond donors (Lipinski definition) is 2. The van der Waals surface area contributed by atoms with Crippen LogP contribution in [0.15, 0.2) is 24.3 Å². The first kappa shape index (κ1) is 14.3. The number of aromatic nitrogens is 3. The van der Waals surface area contributed by atoms with E-state index in [1.54, 1.807) is 19.2 Å². The van der Waals surface area contributed by atoms with Crippen LogP contribution in [0.3, 0.4) is 0 Å². The highest BCUT2D eigenvalue weighted by atomic mass is 35.5. The van der Waals surface area contributed by atoms with Gasteiger partial charge in [0.25, 0.3) is 0 Å². The Kier molecular flexibility index (Phi) is 4.95. The molecular formula is C13H16ClN5O. The Hall–Kier alpha value is -2.08. The Labute approximate surface area is 122 Å². The van der Waals surface area contributed by atoms with E-state index in [-0.39, 0.29) is 6.01 Å². The molecule has 0 saturated carbocycles. The molecule has 2 rings (SSSR count). The zero-order valence-corrected chi connectivity index (χ0v) is 12.1. The molecule has 7 heteroatoms. The van der Waals surface area contributed by atoms with Crippen molar-refractivity contribution in [1.82, 2.24) is 15.0 Å². The molecule has 0 spiro atoms.